The van der Waals surface area contributed by atoms with Gasteiger partial charge in [-0.2, -0.15) is 4.98 Å². The van der Waals surface area contributed by atoms with Crippen molar-refractivity contribution in [3.8, 4) is 11.4 Å². The Balaban J connectivity index is 1.51. The summed E-state index contributed by atoms with van der Waals surface area (Å²) in [6.45, 7) is 4.03. The van der Waals surface area contributed by atoms with Crippen LogP contribution in [0.3, 0.4) is 0 Å². The molecular weight excluding hydrogens is 350 g/mol. The average Bonchev–Trinajstić information content (AvgIpc) is 3.08. The van der Waals surface area contributed by atoms with Crippen LogP contribution in [0, 0.1) is 13.8 Å². The number of carbonyl (C=O) groups excluding carboxylic acids is 1. The minimum Gasteiger partial charge on any atom is -0.339 e. The van der Waals surface area contributed by atoms with Crippen molar-refractivity contribution < 1.29 is 9.32 Å². The summed E-state index contributed by atoms with van der Waals surface area (Å²) in [4.78, 5) is 16.5. The van der Waals surface area contributed by atoms with Gasteiger partial charge in [-0.05, 0) is 61.7 Å². The van der Waals surface area contributed by atoms with E-state index >= 15 is 0 Å². The van der Waals surface area contributed by atoms with E-state index < -0.39 is 0 Å². The van der Waals surface area contributed by atoms with E-state index in [1.165, 1.54) is 0 Å². The van der Waals surface area contributed by atoms with Crippen LogP contribution in [0.4, 0.5) is 5.69 Å². The van der Waals surface area contributed by atoms with Crippen LogP contribution >= 0.6 is 11.6 Å². The molecule has 6 heteroatoms. The first kappa shape index (κ1) is 18.1. The highest BCUT2D eigenvalue weighted by Crippen LogP contribution is 2.20. The predicted molar refractivity (Wildman–Crippen MR) is 102 cm³/mol. The molecule has 26 heavy (non-hydrogen) atoms. The van der Waals surface area contributed by atoms with E-state index in [2.05, 4.69) is 15.5 Å². The lowest BCUT2D eigenvalue weighted by Gasteiger charge is -2.09. The minimum atomic E-state index is -0.0175. The van der Waals surface area contributed by atoms with Gasteiger partial charge in [0.2, 0.25) is 17.6 Å². The van der Waals surface area contributed by atoms with Crippen molar-refractivity contribution >= 4 is 23.2 Å². The summed E-state index contributed by atoms with van der Waals surface area (Å²) in [5, 5.41) is 7.59. The maximum absolute atomic E-state index is 12.1. The van der Waals surface area contributed by atoms with Gasteiger partial charge < -0.3 is 9.84 Å². The number of benzene rings is 2. The highest BCUT2D eigenvalue weighted by atomic mass is 35.5. The van der Waals surface area contributed by atoms with Crippen molar-refractivity contribution in [2.45, 2.75) is 33.1 Å². The van der Waals surface area contributed by atoms with Gasteiger partial charge in [-0.25, -0.2) is 0 Å². The molecule has 0 spiro atoms. The van der Waals surface area contributed by atoms with Crippen molar-refractivity contribution in [1.82, 2.24) is 10.1 Å². The van der Waals surface area contributed by atoms with Gasteiger partial charge in [0.15, 0.2) is 0 Å². The Labute approximate surface area is 157 Å². The zero-order chi connectivity index (χ0) is 18.5. The fourth-order valence-corrected chi connectivity index (χ4v) is 2.70. The molecule has 1 aromatic heterocycles. The lowest BCUT2D eigenvalue weighted by Crippen LogP contribution is -2.12. The Bertz CT molecular complexity index is 904. The Morgan fingerprint density at radius 2 is 1.92 bits per heavy atom. The normalized spacial score (nSPS) is 10.7. The number of rotatable bonds is 6. The molecule has 0 fully saturated rings. The lowest BCUT2D eigenvalue weighted by molar-refractivity contribution is -0.116. The molecule has 134 valence electrons. The molecule has 0 unspecified atom stereocenters. The molecule has 5 nitrogen and oxygen atoms in total. The highest BCUT2D eigenvalue weighted by molar-refractivity contribution is 6.30. The molecule has 0 aliphatic rings. The van der Waals surface area contributed by atoms with Gasteiger partial charge in [0.25, 0.3) is 0 Å². The van der Waals surface area contributed by atoms with Gasteiger partial charge in [-0.15, -0.1) is 0 Å². The largest absolute Gasteiger partial charge is 0.339 e. The molecule has 0 atom stereocenters. The fourth-order valence-electron chi connectivity index (χ4n) is 2.57. The number of aryl methyl sites for hydroxylation is 2. The molecule has 3 rings (SSSR count). The third kappa shape index (κ3) is 4.49. The smallest absolute Gasteiger partial charge is 0.226 e. The maximum atomic E-state index is 12.1. The van der Waals surface area contributed by atoms with Crippen molar-refractivity contribution in [2.24, 2.45) is 0 Å². The van der Waals surface area contributed by atoms with E-state index in [4.69, 9.17) is 16.1 Å². The fraction of sp³-hybridized carbons (Fsp3) is 0.250. The van der Waals surface area contributed by atoms with Crippen molar-refractivity contribution in [3.05, 3.63) is 64.5 Å². The number of carbonyl (C=O) groups is 1. The number of aromatic nitrogens is 2. The van der Waals surface area contributed by atoms with Crippen LogP contribution in [0.25, 0.3) is 11.4 Å². The number of anilines is 1. The highest BCUT2D eigenvalue weighted by Gasteiger charge is 2.10. The molecular formula is C20H20ClN3O2. The summed E-state index contributed by atoms with van der Waals surface area (Å²) in [6, 6.07) is 13.1. The molecule has 0 saturated heterocycles. The third-order valence-corrected chi connectivity index (χ3v) is 4.50. The Hall–Kier alpha value is -2.66. The van der Waals surface area contributed by atoms with Gasteiger partial charge in [0, 0.05) is 29.1 Å². The van der Waals surface area contributed by atoms with E-state index in [9.17, 15) is 4.79 Å². The summed E-state index contributed by atoms with van der Waals surface area (Å²) in [6.07, 6.45) is 1.59. The molecule has 1 N–H and O–H groups in total. The average molecular weight is 370 g/mol. The molecule has 0 radical (unpaired) electrons. The van der Waals surface area contributed by atoms with Gasteiger partial charge in [0.1, 0.15) is 0 Å². The van der Waals surface area contributed by atoms with Crippen molar-refractivity contribution in [3.63, 3.8) is 0 Å². The van der Waals surface area contributed by atoms with Crippen LogP contribution in [0.15, 0.2) is 47.0 Å². The molecule has 0 saturated carbocycles. The van der Waals surface area contributed by atoms with Gasteiger partial charge >= 0.3 is 0 Å². The van der Waals surface area contributed by atoms with Gasteiger partial charge in [0.05, 0.1) is 0 Å². The van der Waals surface area contributed by atoms with E-state index in [0.717, 1.165) is 22.4 Å². The third-order valence-electron chi connectivity index (χ3n) is 4.24. The molecule has 0 bridgehead atoms. The monoisotopic (exact) mass is 369 g/mol. The second-order valence-corrected chi connectivity index (χ2v) is 6.60. The summed E-state index contributed by atoms with van der Waals surface area (Å²) in [5.74, 6) is 1.03. The van der Waals surface area contributed by atoms with Gasteiger partial charge in [-0.3, -0.25) is 4.79 Å². The number of nitrogens with one attached hydrogen (secondary N) is 1. The predicted octanol–water partition coefficient (Wildman–Crippen LogP) is 4.97. The van der Waals surface area contributed by atoms with Crippen LogP contribution in [-0.2, 0) is 11.2 Å². The lowest BCUT2D eigenvalue weighted by atomic mass is 10.1. The molecule has 1 amide bonds. The SMILES string of the molecule is Cc1cccc(NC(=O)CCCc2nc(-c3ccc(Cl)cc3)no2)c1C. The quantitative estimate of drug-likeness (QED) is 0.666. The van der Waals surface area contributed by atoms with E-state index in [-0.39, 0.29) is 5.91 Å². The molecule has 3 aromatic rings. The number of halogens is 1. The van der Waals surface area contributed by atoms with Crippen molar-refractivity contribution in [1.29, 1.82) is 0 Å². The summed E-state index contributed by atoms with van der Waals surface area (Å²) in [7, 11) is 0. The van der Waals surface area contributed by atoms with E-state index in [1.807, 2.05) is 44.2 Å². The standard InChI is InChI=1S/C20H20ClN3O2/c1-13-5-3-6-17(14(13)2)22-18(25)7-4-8-19-23-20(24-26-19)15-9-11-16(21)12-10-15/h3,5-6,9-12H,4,7-8H2,1-2H3,(H,22,25). The second-order valence-electron chi connectivity index (χ2n) is 6.17. The molecule has 0 aliphatic carbocycles. The minimum absolute atomic E-state index is 0.0175. The summed E-state index contributed by atoms with van der Waals surface area (Å²) < 4.78 is 5.26. The molecule has 0 aliphatic heterocycles. The van der Waals surface area contributed by atoms with E-state index in [0.29, 0.717) is 36.0 Å². The zero-order valence-corrected chi connectivity index (χ0v) is 15.5. The number of hydrogen-bond donors (Lipinski definition) is 1. The van der Waals surface area contributed by atoms with E-state index in [1.54, 1.807) is 12.1 Å². The van der Waals surface area contributed by atoms with Crippen LogP contribution in [-0.4, -0.2) is 16.0 Å². The topological polar surface area (TPSA) is 68.0 Å². The Morgan fingerprint density at radius 3 is 2.69 bits per heavy atom. The maximum Gasteiger partial charge on any atom is 0.226 e. The zero-order valence-electron chi connectivity index (χ0n) is 14.8. The first-order valence-electron chi connectivity index (χ1n) is 8.47. The molecule has 2 aromatic carbocycles. The summed E-state index contributed by atoms with van der Waals surface area (Å²) >= 11 is 5.88. The van der Waals surface area contributed by atoms with Crippen LogP contribution < -0.4 is 5.32 Å². The second kappa shape index (κ2) is 8.15. The first-order valence-corrected chi connectivity index (χ1v) is 8.85. The van der Waals surface area contributed by atoms with Crippen LogP contribution in [0.2, 0.25) is 5.02 Å². The number of hydrogen-bond acceptors (Lipinski definition) is 4. The van der Waals surface area contributed by atoms with Crippen LogP contribution in [0.1, 0.15) is 29.9 Å². The van der Waals surface area contributed by atoms with Crippen LogP contribution in [0.5, 0.6) is 0 Å². The Morgan fingerprint density at radius 1 is 1.15 bits per heavy atom. The molecule has 1 heterocycles. The summed E-state index contributed by atoms with van der Waals surface area (Å²) in [5.41, 5.74) is 3.95. The van der Waals surface area contributed by atoms with Gasteiger partial charge in [-0.1, -0.05) is 28.9 Å². The first-order chi connectivity index (χ1) is 12.5. The number of nitrogens with zero attached hydrogens (tertiary/aromatic N) is 2. The van der Waals surface area contributed by atoms with Crippen molar-refractivity contribution in [2.75, 3.05) is 5.32 Å². The Kier molecular flexibility index (Phi) is 5.68. The number of amides is 1.